The molecular formula is C27H30ClNO3. The summed E-state index contributed by atoms with van der Waals surface area (Å²) in [6.07, 6.45) is 0. The predicted molar refractivity (Wildman–Crippen MR) is 130 cm³/mol. The molecule has 0 aliphatic heterocycles. The van der Waals surface area contributed by atoms with Crippen molar-refractivity contribution in [3.63, 3.8) is 0 Å². The second kappa shape index (κ2) is 11.1. The second-order valence-electron chi connectivity index (χ2n) is 7.98. The quantitative estimate of drug-likeness (QED) is 0.383. The molecule has 0 bridgehead atoms. The predicted octanol–water partition coefficient (Wildman–Crippen LogP) is 6.93. The summed E-state index contributed by atoms with van der Waals surface area (Å²) in [7, 11) is 0. The molecule has 3 rings (SSSR count). The summed E-state index contributed by atoms with van der Waals surface area (Å²) < 4.78 is 11.9. The van der Waals surface area contributed by atoms with E-state index in [1.165, 1.54) is 0 Å². The average molecular weight is 452 g/mol. The molecule has 0 saturated heterocycles. The first-order valence-electron chi connectivity index (χ1n) is 10.9. The molecule has 168 valence electrons. The number of benzene rings is 3. The van der Waals surface area contributed by atoms with Gasteiger partial charge >= 0.3 is 0 Å². The number of nitrogens with one attached hydrogen (secondary N) is 1. The summed E-state index contributed by atoms with van der Waals surface area (Å²) in [5.41, 5.74) is 3.53. The minimum absolute atomic E-state index is 0.149. The SMILES string of the molecule is CCOc1ccc(C(=O)N[C@H](C)c2ccc(Cl)cc2)cc1COc1ccccc1C(C)C. The highest BCUT2D eigenvalue weighted by Crippen LogP contribution is 2.28. The lowest BCUT2D eigenvalue weighted by atomic mass is 10.0. The van der Waals surface area contributed by atoms with Gasteiger partial charge in [0.25, 0.3) is 5.91 Å². The van der Waals surface area contributed by atoms with Gasteiger partial charge in [-0.1, -0.05) is 55.8 Å². The number of amides is 1. The molecule has 0 unspecified atom stereocenters. The van der Waals surface area contributed by atoms with Crippen molar-refractivity contribution in [2.45, 2.75) is 46.3 Å². The highest BCUT2D eigenvalue weighted by Gasteiger charge is 2.15. The standard InChI is InChI=1S/C27H30ClNO3/c1-5-31-25-15-12-21(27(30)29-19(4)20-10-13-23(28)14-11-20)16-22(25)17-32-26-9-7-6-8-24(26)18(2)3/h6-16,18-19H,5,17H2,1-4H3,(H,29,30)/t19-/m1/s1. The Morgan fingerprint density at radius 2 is 1.66 bits per heavy atom. The van der Waals surface area contributed by atoms with Gasteiger partial charge in [0.15, 0.2) is 0 Å². The maximum Gasteiger partial charge on any atom is 0.251 e. The van der Waals surface area contributed by atoms with Crippen molar-refractivity contribution in [3.05, 3.63) is 94.0 Å². The molecule has 0 aliphatic rings. The first kappa shape index (κ1) is 23.7. The third-order valence-electron chi connectivity index (χ3n) is 5.26. The van der Waals surface area contributed by atoms with E-state index in [-0.39, 0.29) is 11.9 Å². The zero-order chi connectivity index (χ0) is 23.1. The number of ether oxygens (including phenoxy) is 2. The van der Waals surface area contributed by atoms with Gasteiger partial charge in [-0.05, 0) is 67.3 Å². The highest BCUT2D eigenvalue weighted by molar-refractivity contribution is 6.30. The van der Waals surface area contributed by atoms with Gasteiger partial charge in [-0.25, -0.2) is 0 Å². The smallest absolute Gasteiger partial charge is 0.251 e. The van der Waals surface area contributed by atoms with E-state index in [2.05, 4.69) is 25.2 Å². The Kier molecular flexibility index (Phi) is 8.18. The monoisotopic (exact) mass is 451 g/mol. The van der Waals surface area contributed by atoms with Gasteiger partial charge in [0.05, 0.1) is 12.6 Å². The average Bonchev–Trinajstić information content (AvgIpc) is 2.79. The van der Waals surface area contributed by atoms with Crippen molar-refractivity contribution in [3.8, 4) is 11.5 Å². The van der Waals surface area contributed by atoms with Crippen LogP contribution >= 0.6 is 11.6 Å². The number of hydrogen-bond donors (Lipinski definition) is 1. The van der Waals surface area contributed by atoms with E-state index in [1.54, 1.807) is 6.07 Å². The van der Waals surface area contributed by atoms with Crippen molar-refractivity contribution >= 4 is 17.5 Å². The molecule has 4 nitrogen and oxygen atoms in total. The van der Waals surface area contributed by atoms with Crippen LogP contribution in [0, 0.1) is 0 Å². The highest BCUT2D eigenvalue weighted by atomic mass is 35.5. The van der Waals surface area contributed by atoms with E-state index in [0.717, 1.165) is 28.2 Å². The number of rotatable bonds is 9. The zero-order valence-corrected chi connectivity index (χ0v) is 19.8. The largest absolute Gasteiger partial charge is 0.493 e. The lowest BCUT2D eigenvalue weighted by Crippen LogP contribution is -2.26. The molecule has 1 amide bonds. The maximum absolute atomic E-state index is 12.9. The number of carbonyl (C=O) groups excluding carboxylic acids is 1. The van der Waals surface area contributed by atoms with Crippen LogP contribution in [0.2, 0.25) is 5.02 Å². The molecule has 0 heterocycles. The molecule has 5 heteroatoms. The van der Waals surface area contributed by atoms with Crippen LogP contribution in [0.1, 0.15) is 66.7 Å². The lowest BCUT2D eigenvalue weighted by molar-refractivity contribution is 0.0939. The van der Waals surface area contributed by atoms with Crippen LogP contribution < -0.4 is 14.8 Å². The Morgan fingerprint density at radius 3 is 2.34 bits per heavy atom. The van der Waals surface area contributed by atoms with Gasteiger partial charge < -0.3 is 14.8 Å². The summed E-state index contributed by atoms with van der Waals surface area (Å²) in [4.78, 5) is 12.9. The van der Waals surface area contributed by atoms with Crippen LogP contribution in [0.15, 0.2) is 66.7 Å². The van der Waals surface area contributed by atoms with Crippen molar-refractivity contribution < 1.29 is 14.3 Å². The van der Waals surface area contributed by atoms with Gasteiger partial charge in [-0.3, -0.25) is 4.79 Å². The lowest BCUT2D eigenvalue weighted by Gasteiger charge is -2.17. The summed E-state index contributed by atoms with van der Waals surface area (Å²) in [6.45, 7) is 9.01. The molecule has 0 spiro atoms. The van der Waals surface area contributed by atoms with Crippen LogP contribution in [-0.2, 0) is 6.61 Å². The molecule has 0 fully saturated rings. The topological polar surface area (TPSA) is 47.6 Å². The van der Waals surface area contributed by atoms with E-state index in [4.69, 9.17) is 21.1 Å². The number of para-hydroxylation sites is 1. The number of hydrogen-bond acceptors (Lipinski definition) is 3. The molecule has 0 radical (unpaired) electrons. The Bertz CT molecular complexity index is 1050. The van der Waals surface area contributed by atoms with Crippen molar-refractivity contribution in [2.75, 3.05) is 6.61 Å². The summed E-state index contributed by atoms with van der Waals surface area (Å²) >= 11 is 5.97. The zero-order valence-electron chi connectivity index (χ0n) is 19.0. The van der Waals surface area contributed by atoms with Crippen LogP contribution in [0.5, 0.6) is 11.5 Å². The molecule has 0 aliphatic carbocycles. The molecule has 0 saturated carbocycles. The molecular weight excluding hydrogens is 422 g/mol. The van der Waals surface area contributed by atoms with Gasteiger partial charge in [-0.15, -0.1) is 0 Å². The van der Waals surface area contributed by atoms with E-state index in [1.807, 2.05) is 68.4 Å². The molecule has 1 N–H and O–H groups in total. The van der Waals surface area contributed by atoms with E-state index >= 15 is 0 Å². The van der Waals surface area contributed by atoms with Gasteiger partial charge in [0, 0.05) is 16.1 Å². The van der Waals surface area contributed by atoms with E-state index < -0.39 is 0 Å². The Morgan fingerprint density at radius 1 is 0.938 bits per heavy atom. The third-order valence-corrected chi connectivity index (χ3v) is 5.52. The Hall–Kier alpha value is -2.98. The van der Waals surface area contributed by atoms with Crippen LogP contribution in [-0.4, -0.2) is 12.5 Å². The maximum atomic E-state index is 12.9. The first-order chi connectivity index (χ1) is 15.4. The van der Waals surface area contributed by atoms with Crippen molar-refractivity contribution in [1.29, 1.82) is 0 Å². The fourth-order valence-corrected chi connectivity index (χ4v) is 3.61. The van der Waals surface area contributed by atoms with Gasteiger partial charge in [0.1, 0.15) is 18.1 Å². The van der Waals surface area contributed by atoms with Crippen molar-refractivity contribution in [1.82, 2.24) is 5.32 Å². The molecule has 3 aromatic carbocycles. The van der Waals surface area contributed by atoms with Crippen LogP contribution in [0.25, 0.3) is 0 Å². The normalized spacial score (nSPS) is 11.8. The fraction of sp³-hybridized carbons (Fsp3) is 0.296. The third kappa shape index (κ3) is 6.04. The number of halogens is 1. The van der Waals surface area contributed by atoms with Crippen LogP contribution in [0.4, 0.5) is 0 Å². The number of carbonyl (C=O) groups is 1. The minimum Gasteiger partial charge on any atom is -0.493 e. The van der Waals surface area contributed by atoms with Gasteiger partial charge in [-0.2, -0.15) is 0 Å². The summed E-state index contributed by atoms with van der Waals surface area (Å²) in [5, 5.41) is 3.71. The molecule has 0 aromatic heterocycles. The Labute approximate surface area is 195 Å². The Balaban J connectivity index is 1.78. The minimum atomic E-state index is -0.153. The summed E-state index contributed by atoms with van der Waals surface area (Å²) in [6, 6.07) is 20.8. The first-order valence-corrected chi connectivity index (χ1v) is 11.3. The van der Waals surface area contributed by atoms with Gasteiger partial charge in [0.2, 0.25) is 0 Å². The van der Waals surface area contributed by atoms with E-state index in [9.17, 15) is 4.79 Å². The van der Waals surface area contributed by atoms with Crippen molar-refractivity contribution in [2.24, 2.45) is 0 Å². The second-order valence-corrected chi connectivity index (χ2v) is 8.42. The fourth-order valence-electron chi connectivity index (χ4n) is 3.49. The molecule has 32 heavy (non-hydrogen) atoms. The summed E-state index contributed by atoms with van der Waals surface area (Å²) in [5.74, 6) is 1.76. The van der Waals surface area contributed by atoms with Crippen LogP contribution in [0.3, 0.4) is 0 Å². The van der Waals surface area contributed by atoms with E-state index in [0.29, 0.717) is 29.7 Å². The molecule has 3 aromatic rings. The molecule has 1 atom stereocenters.